The van der Waals surface area contributed by atoms with Crippen molar-refractivity contribution < 1.29 is 9.15 Å². The smallest absolute Gasteiger partial charge is 0.219 e. The molecule has 0 aliphatic heterocycles. The first-order valence-corrected chi connectivity index (χ1v) is 4.41. The Kier molecular flexibility index (Phi) is 2.60. The number of hydrogen-bond donors (Lipinski definition) is 0. The maximum Gasteiger partial charge on any atom is 0.219 e. The normalized spacial score (nSPS) is 11.5. The second-order valence-corrected chi connectivity index (χ2v) is 2.88. The van der Waals surface area contributed by atoms with Crippen LogP contribution < -0.4 is 0 Å². The fourth-order valence-electron chi connectivity index (χ4n) is 1.21. The van der Waals surface area contributed by atoms with Gasteiger partial charge in [-0.2, -0.15) is 0 Å². The minimum atomic E-state index is 0.568. The van der Waals surface area contributed by atoms with Crippen molar-refractivity contribution in [2.75, 3.05) is 13.7 Å². The van der Waals surface area contributed by atoms with Crippen LogP contribution in [0.3, 0.4) is 0 Å². The molecule has 2 aromatic rings. The van der Waals surface area contributed by atoms with E-state index in [1.54, 1.807) is 7.11 Å². The molecular formula is C11H11NO2. The van der Waals surface area contributed by atoms with Crippen LogP contribution >= 0.6 is 0 Å². The van der Waals surface area contributed by atoms with E-state index in [0.717, 1.165) is 11.1 Å². The minimum absolute atomic E-state index is 0.568. The van der Waals surface area contributed by atoms with Crippen LogP contribution in [0.1, 0.15) is 5.89 Å². The van der Waals surface area contributed by atoms with E-state index in [4.69, 9.17) is 9.15 Å². The third-order valence-electron chi connectivity index (χ3n) is 1.83. The average molecular weight is 189 g/mol. The van der Waals surface area contributed by atoms with Gasteiger partial charge in [-0.15, -0.1) is 0 Å². The quantitative estimate of drug-likeness (QED) is 0.744. The largest absolute Gasteiger partial charge is 0.437 e. The van der Waals surface area contributed by atoms with Gasteiger partial charge in [-0.25, -0.2) is 4.98 Å². The molecule has 0 saturated carbocycles. The number of fused-ring (bicyclic) bond motifs is 1. The first-order chi connectivity index (χ1) is 6.90. The van der Waals surface area contributed by atoms with E-state index in [0.29, 0.717) is 12.5 Å². The van der Waals surface area contributed by atoms with Gasteiger partial charge < -0.3 is 9.15 Å². The molecule has 0 atom stereocenters. The summed E-state index contributed by atoms with van der Waals surface area (Å²) >= 11 is 0. The fourth-order valence-corrected chi connectivity index (χ4v) is 1.21. The summed E-state index contributed by atoms with van der Waals surface area (Å²) in [6.45, 7) is 0.568. The molecule has 0 fully saturated rings. The zero-order valence-electron chi connectivity index (χ0n) is 7.93. The molecule has 0 saturated heterocycles. The van der Waals surface area contributed by atoms with Crippen LogP contribution in [0.4, 0.5) is 0 Å². The van der Waals surface area contributed by atoms with Gasteiger partial charge in [-0.05, 0) is 18.2 Å². The molecule has 72 valence electrons. The highest BCUT2D eigenvalue weighted by Crippen LogP contribution is 2.15. The average Bonchev–Trinajstić information content (AvgIpc) is 2.60. The summed E-state index contributed by atoms with van der Waals surface area (Å²) in [6, 6.07) is 7.69. The number of para-hydroxylation sites is 2. The van der Waals surface area contributed by atoms with E-state index >= 15 is 0 Å². The van der Waals surface area contributed by atoms with E-state index < -0.39 is 0 Å². The standard InChI is InChI=1S/C11H11NO2/c1-13-8-4-7-11-12-9-5-2-3-6-10(9)14-11/h2-7H,8H2,1H3/b7-4+. The highest BCUT2D eigenvalue weighted by Gasteiger charge is 1.99. The number of nitrogens with zero attached hydrogens (tertiary/aromatic N) is 1. The van der Waals surface area contributed by atoms with Gasteiger partial charge in [0.15, 0.2) is 5.58 Å². The Bertz CT molecular complexity index is 412. The Hall–Kier alpha value is -1.61. The minimum Gasteiger partial charge on any atom is -0.437 e. The topological polar surface area (TPSA) is 35.3 Å². The number of ether oxygens (including phenoxy) is 1. The first kappa shape index (κ1) is 8.97. The predicted molar refractivity (Wildman–Crippen MR) is 54.9 cm³/mol. The highest BCUT2D eigenvalue weighted by molar-refractivity contribution is 5.73. The monoisotopic (exact) mass is 189 g/mol. The van der Waals surface area contributed by atoms with Gasteiger partial charge in [-0.3, -0.25) is 0 Å². The molecule has 14 heavy (non-hydrogen) atoms. The Morgan fingerprint density at radius 2 is 2.29 bits per heavy atom. The van der Waals surface area contributed by atoms with Crippen molar-refractivity contribution >= 4 is 17.2 Å². The van der Waals surface area contributed by atoms with Gasteiger partial charge in [0.1, 0.15) is 5.52 Å². The predicted octanol–water partition coefficient (Wildman–Crippen LogP) is 2.49. The second-order valence-electron chi connectivity index (χ2n) is 2.88. The third kappa shape index (κ3) is 1.83. The van der Waals surface area contributed by atoms with E-state index in [-0.39, 0.29) is 0 Å². The van der Waals surface area contributed by atoms with Crippen molar-refractivity contribution in [2.45, 2.75) is 0 Å². The second kappa shape index (κ2) is 4.07. The number of aromatic nitrogens is 1. The highest BCUT2D eigenvalue weighted by atomic mass is 16.5. The lowest BCUT2D eigenvalue weighted by Gasteiger charge is -1.85. The summed E-state index contributed by atoms with van der Waals surface area (Å²) < 4.78 is 10.3. The lowest BCUT2D eigenvalue weighted by molar-refractivity contribution is 0.234. The SMILES string of the molecule is COC/C=C/c1nc2ccccc2o1. The molecule has 0 spiro atoms. The van der Waals surface area contributed by atoms with Crippen LogP contribution in [-0.2, 0) is 4.74 Å². The molecule has 0 aliphatic carbocycles. The molecule has 0 radical (unpaired) electrons. The molecule has 3 nitrogen and oxygen atoms in total. The Balaban J connectivity index is 2.27. The molecule has 0 N–H and O–H groups in total. The molecule has 0 bridgehead atoms. The maximum atomic E-state index is 5.46. The van der Waals surface area contributed by atoms with E-state index in [1.807, 2.05) is 36.4 Å². The van der Waals surface area contributed by atoms with Crippen molar-refractivity contribution in [2.24, 2.45) is 0 Å². The Morgan fingerprint density at radius 1 is 1.43 bits per heavy atom. The van der Waals surface area contributed by atoms with Crippen LogP contribution in [0.5, 0.6) is 0 Å². The van der Waals surface area contributed by atoms with Crippen molar-refractivity contribution in [1.82, 2.24) is 4.98 Å². The number of benzene rings is 1. The van der Waals surface area contributed by atoms with Crippen LogP contribution in [-0.4, -0.2) is 18.7 Å². The Labute approximate surface area is 82.0 Å². The molecule has 1 aromatic carbocycles. The van der Waals surface area contributed by atoms with Crippen molar-refractivity contribution in [3.8, 4) is 0 Å². The van der Waals surface area contributed by atoms with Crippen molar-refractivity contribution in [3.63, 3.8) is 0 Å². The van der Waals surface area contributed by atoms with Gasteiger partial charge in [0.25, 0.3) is 0 Å². The molecular weight excluding hydrogens is 178 g/mol. The Morgan fingerprint density at radius 3 is 3.07 bits per heavy atom. The third-order valence-corrected chi connectivity index (χ3v) is 1.83. The van der Waals surface area contributed by atoms with Crippen LogP contribution in [0.25, 0.3) is 17.2 Å². The zero-order valence-corrected chi connectivity index (χ0v) is 7.93. The molecule has 0 amide bonds. The summed E-state index contributed by atoms with van der Waals surface area (Å²) in [5.41, 5.74) is 1.69. The summed E-state index contributed by atoms with van der Waals surface area (Å²) in [4.78, 5) is 4.28. The van der Waals surface area contributed by atoms with E-state index in [9.17, 15) is 0 Å². The molecule has 0 unspecified atom stereocenters. The number of hydrogen-bond acceptors (Lipinski definition) is 3. The van der Waals surface area contributed by atoms with Gasteiger partial charge in [0.2, 0.25) is 5.89 Å². The van der Waals surface area contributed by atoms with E-state index in [2.05, 4.69) is 4.98 Å². The number of methoxy groups -OCH3 is 1. The summed E-state index contributed by atoms with van der Waals surface area (Å²) in [5, 5.41) is 0. The number of rotatable bonds is 3. The zero-order chi connectivity index (χ0) is 9.80. The lowest BCUT2D eigenvalue weighted by atomic mass is 10.3. The van der Waals surface area contributed by atoms with Gasteiger partial charge in [0.05, 0.1) is 6.61 Å². The number of oxazole rings is 1. The van der Waals surface area contributed by atoms with E-state index in [1.165, 1.54) is 0 Å². The molecule has 2 rings (SSSR count). The van der Waals surface area contributed by atoms with Crippen LogP contribution in [0.15, 0.2) is 34.8 Å². The molecule has 3 heteroatoms. The van der Waals surface area contributed by atoms with Gasteiger partial charge >= 0.3 is 0 Å². The first-order valence-electron chi connectivity index (χ1n) is 4.41. The molecule has 1 aromatic heterocycles. The lowest BCUT2D eigenvalue weighted by Crippen LogP contribution is -1.80. The summed E-state index contributed by atoms with van der Waals surface area (Å²) in [6.07, 6.45) is 3.67. The van der Waals surface area contributed by atoms with Crippen LogP contribution in [0, 0.1) is 0 Å². The molecule has 1 heterocycles. The summed E-state index contributed by atoms with van der Waals surface area (Å²) in [7, 11) is 1.65. The van der Waals surface area contributed by atoms with Crippen molar-refractivity contribution in [3.05, 3.63) is 36.2 Å². The van der Waals surface area contributed by atoms with Crippen molar-refractivity contribution in [1.29, 1.82) is 0 Å². The van der Waals surface area contributed by atoms with Crippen LogP contribution in [0.2, 0.25) is 0 Å². The summed E-state index contributed by atoms with van der Waals surface area (Å²) in [5.74, 6) is 0.614. The fraction of sp³-hybridized carbons (Fsp3) is 0.182. The van der Waals surface area contributed by atoms with Gasteiger partial charge in [-0.1, -0.05) is 18.2 Å². The van der Waals surface area contributed by atoms with Gasteiger partial charge in [0, 0.05) is 7.11 Å². The molecule has 0 aliphatic rings. The maximum absolute atomic E-state index is 5.46.